The van der Waals surface area contributed by atoms with E-state index in [0.29, 0.717) is 5.56 Å². The molecule has 6 nitrogen and oxygen atoms in total. The molecule has 0 saturated heterocycles. The molecule has 2 aromatic carbocycles. The first kappa shape index (κ1) is 19.0. The number of carboxylic acid groups (broad SMARTS) is 2. The summed E-state index contributed by atoms with van der Waals surface area (Å²) in [6.45, 7) is 0. The highest BCUT2D eigenvalue weighted by molar-refractivity contribution is 5.87. The van der Waals surface area contributed by atoms with Crippen LogP contribution in [0.4, 0.5) is 8.78 Å². The molecule has 1 atom stereocenters. The smallest absolute Gasteiger partial charge is 0.335 e. The predicted octanol–water partition coefficient (Wildman–Crippen LogP) is 2.02. The molecule has 0 aromatic heterocycles. The summed E-state index contributed by atoms with van der Waals surface area (Å²) < 4.78 is 26.0. The van der Waals surface area contributed by atoms with Gasteiger partial charge in [0.1, 0.15) is 6.04 Å². The second kappa shape index (κ2) is 8.19. The van der Waals surface area contributed by atoms with E-state index in [2.05, 4.69) is 5.32 Å². The summed E-state index contributed by atoms with van der Waals surface area (Å²) >= 11 is 0. The Bertz CT molecular complexity index is 836. The molecule has 0 bridgehead atoms. The number of nitrogens with one attached hydrogen (secondary N) is 1. The molecule has 0 unspecified atom stereocenters. The molecule has 0 aliphatic heterocycles. The van der Waals surface area contributed by atoms with Crippen molar-refractivity contribution in [2.75, 3.05) is 0 Å². The van der Waals surface area contributed by atoms with E-state index in [1.807, 2.05) is 0 Å². The molecule has 2 rings (SSSR count). The van der Waals surface area contributed by atoms with E-state index in [1.54, 1.807) is 0 Å². The maximum Gasteiger partial charge on any atom is 0.335 e. The Kier molecular flexibility index (Phi) is 6.00. The molecule has 0 aliphatic carbocycles. The SMILES string of the molecule is O=C(Cc1ccc(F)c(F)c1)N[C@@H](Cc1ccc(C(=O)O)cc1)C(=O)O. The minimum atomic E-state index is -1.27. The van der Waals surface area contributed by atoms with Gasteiger partial charge in [0.15, 0.2) is 11.6 Å². The lowest BCUT2D eigenvalue weighted by Crippen LogP contribution is -2.43. The van der Waals surface area contributed by atoms with Gasteiger partial charge in [0.05, 0.1) is 12.0 Å². The zero-order valence-corrected chi connectivity index (χ0v) is 13.4. The molecule has 1 amide bonds. The van der Waals surface area contributed by atoms with Crippen LogP contribution in [0.25, 0.3) is 0 Å². The normalized spacial score (nSPS) is 11.6. The van der Waals surface area contributed by atoms with Crippen LogP contribution in [0.1, 0.15) is 21.5 Å². The van der Waals surface area contributed by atoms with Crippen LogP contribution >= 0.6 is 0 Å². The van der Waals surface area contributed by atoms with E-state index < -0.39 is 35.5 Å². The predicted molar refractivity (Wildman–Crippen MR) is 86.7 cm³/mol. The average molecular weight is 363 g/mol. The van der Waals surface area contributed by atoms with Gasteiger partial charge in [-0.25, -0.2) is 18.4 Å². The van der Waals surface area contributed by atoms with Crippen LogP contribution < -0.4 is 5.32 Å². The first-order valence-electron chi connectivity index (χ1n) is 7.54. The van der Waals surface area contributed by atoms with E-state index in [0.717, 1.165) is 12.1 Å². The van der Waals surface area contributed by atoms with Crippen molar-refractivity contribution in [3.8, 4) is 0 Å². The summed E-state index contributed by atoms with van der Waals surface area (Å²) in [7, 11) is 0. The number of carboxylic acids is 2. The van der Waals surface area contributed by atoms with E-state index in [1.165, 1.54) is 30.3 Å². The number of hydrogen-bond acceptors (Lipinski definition) is 3. The van der Waals surface area contributed by atoms with Crippen LogP contribution in [0.2, 0.25) is 0 Å². The summed E-state index contributed by atoms with van der Waals surface area (Å²) in [6, 6.07) is 7.33. The van der Waals surface area contributed by atoms with Crippen molar-refractivity contribution in [2.24, 2.45) is 0 Å². The number of halogens is 2. The summed E-state index contributed by atoms with van der Waals surface area (Å²) in [6.07, 6.45) is -0.363. The molecule has 26 heavy (non-hydrogen) atoms. The number of hydrogen-bond donors (Lipinski definition) is 3. The van der Waals surface area contributed by atoms with Crippen molar-refractivity contribution in [3.05, 3.63) is 70.8 Å². The van der Waals surface area contributed by atoms with Gasteiger partial charge in [-0.3, -0.25) is 4.79 Å². The molecule has 0 heterocycles. The van der Waals surface area contributed by atoms with Gasteiger partial charge in [-0.15, -0.1) is 0 Å². The number of carbonyl (C=O) groups is 3. The van der Waals surface area contributed by atoms with Crippen molar-refractivity contribution >= 4 is 17.8 Å². The average Bonchev–Trinajstić information content (AvgIpc) is 2.58. The van der Waals surface area contributed by atoms with Crippen molar-refractivity contribution in [1.29, 1.82) is 0 Å². The zero-order chi connectivity index (χ0) is 19.3. The molecule has 3 N–H and O–H groups in total. The first-order chi connectivity index (χ1) is 12.3. The maximum atomic E-state index is 13.2. The Balaban J connectivity index is 2.02. The highest BCUT2D eigenvalue weighted by Crippen LogP contribution is 2.10. The monoisotopic (exact) mass is 363 g/mol. The topological polar surface area (TPSA) is 104 Å². The highest BCUT2D eigenvalue weighted by Gasteiger charge is 2.21. The Morgan fingerprint density at radius 1 is 0.923 bits per heavy atom. The molecule has 0 fully saturated rings. The Labute approximate surface area is 147 Å². The lowest BCUT2D eigenvalue weighted by Gasteiger charge is -2.15. The maximum absolute atomic E-state index is 13.2. The molecular formula is C18H15F2NO5. The molecule has 0 spiro atoms. The van der Waals surface area contributed by atoms with Crippen LogP contribution in [-0.4, -0.2) is 34.1 Å². The van der Waals surface area contributed by atoms with E-state index in [9.17, 15) is 28.3 Å². The van der Waals surface area contributed by atoms with Crippen molar-refractivity contribution in [2.45, 2.75) is 18.9 Å². The third-order valence-corrected chi connectivity index (χ3v) is 3.62. The van der Waals surface area contributed by atoms with E-state index >= 15 is 0 Å². The van der Waals surface area contributed by atoms with Crippen LogP contribution in [0, 0.1) is 11.6 Å². The molecule has 0 aliphatic rings. The van der Waals surface area contributed by atoms with Crippen molar-refractivity contribution in [3.63, 3.8) is 0 Å². The lowest BCUT2D eigenvalue weighted by molar-refractivity contribution is -0.141. The summed E-state index contributed by atoms with van der Waals surface area (Å²) in [4.78, 5) is 34.1. The van der Waals surface area contributed by atoms with Crippen LogP contribution in [0.15, 0.2) is 42.5 Å². The van der Waals surface area contributed by atoms with E-state index in [4.69, 9.17) is 5.11 Å². The number of aliphatic carboxylic acids is 1. The summed E-state index contributed by atoms with van der Waals surface area (Å²) in [5.74, 6) is -5.17. The third-order valence-electron chi connectivity index (χ3n) is 3.62. The molecule has 136 valence electrons. The van der Waals surface area contributed by atoms with Gasteiger partial charge in [0.25, 0.3) is 0 Å². The van der Waals surface area contributed by atoms with Gasteiger partial charge in [0, 0.05) is 6.42 Å². The minimum Gasteiger partial charge on any atom is -0.480 e. The second-order valence-electron chi connectivity index (χ2n) is 5.59. The van der Waals surface area contributed by atoms with Crippen molar-refractivity contribution in [1.82, 2.24) is 5.32 Å². The molecule has 0 radical (unpaired) electrons. The second-order valence-corrected chi connectivity index (χ2v) is 5.59. The summed E-state index contributed by atoms with van der Waals surface area (Å²) in [5.41, 5.74) is 0.787. The van der Waals surface area contributed by atoms with Gasteiger partial charge in [0.2, 0.25) is 5.91 Å². The fraction of sp³-hybridized carbons (Fsp3) is 0.167. The molecule has 8 heteroatoms. The quantitative estimate of drug-likeness (QED) is 0.698. The van der Waals surface area contributed by atoms with Crippen molar-refractivity contribution < 1.29 is 33.4 Å². The van der Waals surface area contributed by atoms with Gasteiger partial charge in [-0.05, 0) is 35.4 Å². The van der Waals surface area contributed by atoms with Crippen LogP contribution in [0.5, 0.6) is 0 Å². The van der Waals surface area contributed by atoms with Gasteiger partial charge in [-0.1, -0.05) is 18.2 Å². The first-order valence-corrected chi connectivity index (χ1v) is 7.54. The minimum absolute atomic E-state index is 0.0568. The lowest BCUT2D eigenvalue weighted by atomic mass is 10.0. The Morgan fingerprint density at radius 2 is 1.54 bits per heavy atom. The van der Waals surface area contributed by atoms with Gasteiger partial charge >= 0.3 is 11.9 Å². The fourth-order valence-corrected chi connectivity index (χ4v) is 2.30. The number of aromatic carboxylic acids is 1. The number of amides is 1. The number of benzene rings is 2. The zero-order valence-electron chi connectivity index (χ0n) is 13.4. The molecule has 0 saturated carbocycles. The highest BCUT2D eigenvalue weighted by atomic mass is 19.2. The standard InChI is InChI=1S/C18H15F2NO5/c19-13-6-3-11(7-14(13)20)9-16(22)21-15(18(25)26)8-10-1-4-12(5-2-10)17(23)24/h1-7,15H,8-9H2,(H,21,22)(H,23,24)(H,25,26)/t15-/m0/s1. The third kappa shape index (κ3) is 5.10. The van der Waals surface area contributed by atoms with E-state index in [-0.39, 0.29) is 24.0 Å². The van der Waals surface area contributed by atoms with Gasteiger partial charge in [-0.2, -0.15) is 0 Å². The molecular weight excluding hydrogens is 348 g/mol. The number of carbonyl (C=O) groups excluding carboxylic acids is 1. The molecule has 2 aromatic rings. The Hall–Kier alpha value is -3.29. The fourth-order valence-electron chi connectivity index (χ4n) is 2.30. The number of rotatable bonds is 7. The largest absolute Gasteiger partial charge is 0.480 e. The van der Waals surface area contributed by atoms with Crippen LogP contribution in [0.3, 0.4) is 0 Å². The Morgan fingerprint density at radius 3 is 2.08 bits per heavy atom. The van der Waals surface area contributed by atoms with Gasteiger partial charge < -0.3 is 15.5 Å². The summed E-state index contributed by atoms with van der Waals surface area (Å²) in [5, 5.41) is 20.4. The van der Waals surface area contributed by atoms with Crippen LogP contribution in [-0.2, 0) is 22.4 Å².